The smallest absolute Gasteiger partial charge is 0.136 e. The van der Waals surface area contributed by atoms with E-state index in [1.54, 1.807) is 0 Å². The third-order valence-electron chi connectivity index (χ3n) is 1.40. The van der Waals surface area contributed by atoms with Gasteiger partial charge < -0.3 is 0 Å². The van der Waals surface area contributed by atoms with Crippen molar-refractivity contribution in [3.8, 4) is 0 Å². The Morgan fingerprint density at radius 3 is 2.44 bits per heavy atom. The van der Waals surface area contributed by atoms with Crippen LogP contribution in [0.2, 0.25) is 0 Å². The predicted molar refractivity (Wildman–Crippen MR) is 41.0 cm³/mol. The first-order valence-corrected chi connectivity index (χ1v) is 3.63. The Balaban J connectivity index is 2.88. The molecule has 0 N–H and O–H groups in total. The Morgan fingerprint density at radius 2 is 2.00 bits per heavy atom. The summed E-state index contributed by atoms with van der Waals surface area (Å²) in [6.07, 6.45) is 0. The monoisotopic (exact) mass is 129 g/mol. The van der Waals surface area contributed by atoms with E-state index in [1.807, 2.05) is 0 Å². The fourth-order valence-electron chi connectivity index (χ4n) is 0.558. The highest BCUT2D eigenvalue weighted by Crippen LogP contribution is 1.72. The highest BCUT2D eigenvalue weighted by molar-refractivity contribution is 4.54. The van der Waals surface area contributed by atoms with Gasteiger partial charge in [0.15, 0.2) is 0 Å². The van der Waals surface area contributed by atoms with Gasteiger partial charge >= 0.3 is 0 Å². The van der Waals surface area contributed by atoms with Gasteiger partial charge in [-0.05, 0) is 6.92 Å². The van der Waals surface area contributed by atoms with Crippen LogP contribution in [0.5, 0.6) is 0 Å². The Hall–Kier alpha value is -0.0800. The molecule has 0 amide bonds. The lowest BCUT2D eigenvalue weighted by Gasteiger charge is -2.01. The molecule has 0 aromatic rings. The molecule has 0 aliphatic heterocycles. The Kier molecular flexibility index (Phi) is 5.99. The Bertz CT molecular complexity index is 54.9. The molecular weight excluding hydrogens is 112 g/mol. The van der Waals surface area contributed by atoms with Gasteiger partial charge in [-0.2, -0.15) is 4.90 Å². The summed E-state index contributed by atoms with van der Waals surface area (Å²) in [7, 11) is 2.12. The molecular formula is C7H17N2+. The molecule has 0 unspecified atom stereocenters. The first-order valence-electron chi connectivity index (χ1n) is 3.63. The third kappa shape index (κ3) is 5.80. The summed E-state index contributed by atoms with van der Waals surface area (Å²) in [4.78, 5) is 2.26. The SMILES string of the molecule is CC[N]CC[N+](C)CC. The molecule has 0 aromatic heterocycles. The topological polar surface area (TPSA) is 20.0 Å². The van der Waals surface area contributed by atoms with Crippen LogP contribution in [0.25, 0.3) is 0 Å². The number of hydrogen-bond acceptors (Lipinski definition) is 1. The molecule has 0 spiro atoms. The van der Waals surface area contributed by atoms with Gasteiger partial charge in [0.05, 0.1) is 6.54 Å². The van der Waals surface area contributed by atoms with Crippen LogP contribution in [0.15, 0.2) is 0 Å². The lowest BCUT2D eigenvalue weighted by molar-refractivity contribution is 0.481. The highest BCUT2D eigenvalue weighted by Gasteiger charge is 2.00. The normalized spacial score (nSPS) is 10.7. The van der Waals surface area contributed by atoms with Gasteiger partial charge in [0.2, 0.25) is 0 Å². The molecule has 2 radical (unpaired) electrons. The van der Waals surface area contributed by atoms with Crippen molar-refractivity contribution in [3.05, 3.63) is 0 Å². The Labute approximate surface area is 58.2 Å². The minimum atomic E-state index is 0.956. The van der Waals surface area contributed by atoms with Crippen molar-refractivity contribution >= 4 is 0 Å². The van der Waals surface area contributed by atoms with E-state index in [0.717, 1.165) is 26.2 Å². The molecule has 0 saturated heterocycles. The maximum Gasteiger partial charge on any atom is 0.136 e. The average Bonchev–Trinajstić information content (AvgIpc) is 1.89. The maximum absolute atomic E-state index is 4.22. The van der Waals surface area contributed by atoms with Crippen LogP contribution in [0.3, 0.4) is 0 Å². The van der Waals surface area contributed by atoms with E-state index in [1.165, 1.54) is 0 Å². The molecule has 0 aliphatic carbocycles. The van der Waals surface area contributed by atoms with Gasteiger partial charge in [-0.1, -0.05) is 6.92 Å². The van der Waals surface area contributed by atoms with Crippen molar-refractivity contribution < 1.29 is 0 Å². The molecule has 0 fully saturated rings. The zero-order valence-corrected chi connectivity index (χ0v) is 6.72. The summed E-state index contributed by atoms with van der Waals surface area (Å²) >= 11 is 0. The lowest BCUT2D eigenvalue weighted by Crippen LogP contribution is -2.30. The minimum Gasteiger partial charge on any atom is -0.236 e. The third-order valence-corrected chi connectivity index (χ3v) is 1.40. The van der Waals surface area contributed by atoms with Crippen molar-refractivity contribution in [2.24, 2.45) is 0 Å². The van der Waals surface area contributed by atoms with E-state index in [9.17, 15) is 0 Å². The van der Waals surface area contributed by atoms with Crippen LogP contribution in [0.4, 0.5) is 0 Å². The van der Waals surface area contributed by atoms with Crippen LogP contribution in [-0.4, -0.2) is 33.2 Å². The van der Waals surface area contributed by atoms with Gasteiger partial charge in [0.1, 0.15) is 20.1 Å². The lowest BCUT2D eigenvalue weighted by atomic mass is 10.5. The van der Waals surface area contributed by atoms with Crippen molar-refractivity contribution in [2.45, 2.75) is 13.8 Å². The second kappa shape index (κ2) is 6.05. The van der Waals surface area contributed by atoms with Gasteiger partial charge in [-0.15, -0.1) is 0 Å². The second-order valence-corrected chi connectivity index (χ2v) is 2.16. The van der Waals surface area contributed by atoms with Gasteiger partial charge in [-0.25, -0.2) is 5.32 Å². The van der Waals surface area contributed by atoms with Gasteiger partial charge in [0.25, 0.3) is 0 Å². The first kappa shape index (κ1) is 8.92. The van der Waals surface area contributed by atoms with Gasteiger partial charge in [-0.3, -0.25) is 0 Å². The molecule has 0 saturated carbocycles. The molecule has 0 atom stereocenters. The predicted octanol–water partition coefficient (Wildman–Crippen LogP) is 0.400. The molecule has 2 nitrogen and oxygen atoms in total. The molecule has 0 bridgehead atoms. The van der Waals surface area contributed by atoms with Crippen LogP contribution < -0.4 is 10.2 Å². The fourth-order valence-corrected chi connectivity index (χ4v) is 0.558. The minimum absolute atomic E-state index is 0.956. The summed E-state index contributed by atoms with van der Waals surface area (Å²) in [5.74, 6) is 0. The van der Waals surface area contributed by atoms with Crippen LogP contribution in [0, 0.1) is 0 Å². The van der Waals surface area contributed by atoms with Gasteiger partial charge in [0, 0.05) is 6.54 Å². The summed E-state index contributed by atoms with van der Waals surface area (Å²) < 4.78 is 0. The van der Waals surface area contributed by atoms with Crippen molar-refractivity contribution in [1.29, 1.82) is 0 Å². The van der Waals surface area contributed by atoms with Crippen LogP contribution in [-0.2, 0) is 0 Å². The number of rotatable bonds is 5. The van der Waals surface area contributed by atoms with E-state index in [4.69, 9.17) is 0 Å². The average molecular weight is 129 g/mol. The fraction of sp³-hybridized carbons (Fsp3) is 1.00. The maximum atomic E-state index is 4.22. The van der Waals surface area contributed by atoms with Crippen LogP contribution >= 0.6 is 0 Å². The summed E-state index contributed by atoms with van der Waals surface area (Å²) in [6, 6.07) is 0. The van der Waals surface area contributed by atoms with E-state index in [0.29, 0.717) is 0 Å². The zero-order chi connectivity index (χ0) is 7.11. The molecule has 0 aromatic carbocycles. The number of likely N-dealkylation sites (N-methyl/N-ethyl adjacent to an activating group) is 2. The summed E-state index contributed by atoms with van der Waals surface area (Å²) in [5.41, 5.74) is 0. The summed E-state index contributed by atoms with van der Waals surface area (Å²) in [6.45, 7) is 8.40. The standard InChI is InChI=1S/C7H17N2/c1-4-8-6-7-9(3)5-2/h4-7H2,1-3H3/q+1. The largest absolute Gasteiger partial charge is 0.236 e. The van der Waals surface area contributed by atoms with E-state index >= 15 is 0 Å². The molecule has 2 heteroatoms. The molecule has 54 valence electrons. The molecule has 9 heavy (non-hydrogen) atoms. The van der Waals surface area contributed by atoms with Crippen molar-refractivity contribution in [3.63, 3.8) is 0 Å². The second-order valence-electron chi connectivity index (χ2n) is 2.16. The summed E-state index contributed by atoms with van der Waals surface area (Å²) in [5, 5.41) is 4.22. The van der Waals surface area contributed by atoms with Crippen LogP contribution in [0.1, 0.15) is 13.8 Å². The molecule has 0 aliphatic rings. The quantitative estimate of drug-likeness (QED) is 0.378. The molecule has 0 rings (SSSR count). The number of hydrogen-bond donors (Lipinski definition) is 0. The van der Waals surface area contributed by atoms with Crippen molar-refractivity contribution in [2.75, 3.05) is 33.2 Å². The van der Waals surface area contributed by atoms with E-state index in [-0.39, 0.29) is 0 Å². The Morgan fingerprint density at radius 1 is 1.33 bits per heavy atom. The van der Waals surface area contributed by atoms with E-state index in [2.05, 4.69) is 31.1 Å². The molecule has 0 heterocycles. The highest BCUT2D eigenvalue weighted by atomic mass is 15.1. The number of nitrogens with zero attached hydrogens (tertiary/aromatic N) is 2. The first-order chi connectivity index (χ1) is 4.31. The van der Waals surface area contributed by atoms with Crippen molar-refractivity contribution in [1.82, 2.24) is 10.2 Å². The zero-order valence-electron chi connectivity index (χ0n) is 6.72. The van der Waals surface area contributed by atoms with E-state index < -0.39 is 0 Å².